The largest absolute Gasteiger partial charge is 0.497 e. The van der Waals surface area contributed by atoms with Crippen LogP contribution in [0.4, 0.5) is 0 Å². The van der Waals surface area contributed by atoms with Crippen molar-refractivity contribution in [3.8, 4) is 5.75 Å². The van der Waals surface area contributed by atoms with Crippen molar-refractivity contribution in [3.05, 3.63) is 65.7 Å². The summed E-state index contributed by atoms with van der Waals surface area (Å²) < 4.78 is 5.22. The lowest BCUT2D eigenvalue weighted by Crippen LogP contribution is -2.17. The van der Waals surface area contributed by atoms with Gasteiger partial charge in [0.05, 0.1) is 7.11 Å². The molecule has 0 saturated heterocycles. The second kappa shape index (κ2) is 6.22. The van der Waals surface area contributed by atoms with Crippen LogP contribution in [0.25, 0.3) is 0 Å². The van der Waals surface area contributed by atoms with Crippen LogP contribution in [0.3, 0.4) is 0 Å². The summed E-state index contributed by atoms with van der Waals surface area (Å²) in [6.07, 6.45) is 0. The fourth-order valence-corrected chi connectivity index (χ4v) is 1.91. The van der Waals surface area contributed by atoms with Crippen molar-refractivity contribution in [1.29, 1.82) is 0 Å². The minimum atomic E-state index is 0.345. The summed E-state index contributed by atoms with van der Waals surface area (Å²) in [5.41, 5.74) is 2.54. The molecule has 0 saturated carbocycles. The van der Waals surface area contributed by atoms with Gasteiger partial charge >= 0.3 is 0 Å². The molecule has 94 valence electrons. The highest BCUT2D eigenvalue weighted by atomic mass is 16.5. The summed E-state index contributed by atoms with van der Waals surface area (Å²) in [6, 6.07) is 18.9. The summed E-state index contributed by atoms with van der Waals surface area (Å²) in [5, 5.41) is 3.51. The van der Waals surface area contributed by atoms with Crippen molar-refractivity contribution >= 4 is 0 Å². The van der Waals surface area contributed by atoms with E-state index in [1.165, 1.54) is 11.1 Å². The molecule has 0 aromatic heterocycles. The van der Waals surface area contributed by atoms with Crippen molar-refractivity contribution in [1.82, 2.24) is 5.32 Å². The molecule has 1 atom stereocenters. The molecule has 0 radical (unpaired) electrons. The van der Waals surface area contributed by atoms with Crippen LogP contribution in [0, 0.1) is 0 Å². The van der Waals surface area contributed by atoms with E-state index in [1.54, 1.807) is 7.11 Å². The molecule has 0 aliphatic rings. The molecule has 2 rings (SSSR count). The number of hydrogen-bond donors (Lipinski definition) is 1. The highest BCUT2D eigenvalue weighted by molar-refractivity contribution is 5.28. The first-order valence-electron chi connectivity index (χ1n) is 6.21. The maximum absolute atomic E-state index is 5.22. The third-order valence-electron chi connectivity index (χ3n) is 3.05. The van der Waals surface area contributed by atoms with Gasteiger partial charge in [0.1, 0.15) is 5.75 Å². The lowest BCUT2D eigenvalue weighted by atomic mass is 10.1. The van der Waals surface area contributed by atoms with Gasteiger partial charge in [-0.15, -0.1) is 0 Å². The molecule has 0 amide bonds. The lowest BCUT2D eigenvalue weighted by Gasteiger charge is -2.14. The smallest absolute Gasteiger partial charge is 0.119 e. The molecule has 0 aliphatic carbocycles. The Morgan fingerprint density at radius 3 is 2.56 bits per heavy atom. The minimum Gasteiger partial charge on any atom is -0.497 e. The van der Waals surface area contributed by atoms with Gasteiger partial charge in [-0.05, 0) is 30.2 Å². The van der Waals surface area contributed by atoms with Crippen LogP contribution in [0.1, 0.15) is 24.1 Å². The zero-order chi connectivity index (χ0) is 12.8. The van der Waals surface area contributed by atoms with Gasteiger partial charge in [0.15, 0.2) is 0 Å². The fourth-order valence-electron chi connectivity index (χ4n) is 1.91. The van der Waals surface area contributed by atoms with E-state index >= 15 is 0 Å². The summed E-state index contributed by atoms with van der Waals surface area (Å²) in [7, 11) is 1.69. The fraction of sp³-hybridized carbons (Fsp3) is 0.250. The van der Waals surface area contributed by atoms with Crippen LogP contribution in [-0.2, 0) is 6.54 Å². The van der Waals surface area contributed by atoms with Gasteiger partial charge in [-0.1, -0.05) is 42.5 Å². The lowest BCUT2D eigenvalue weighted by molar-refractivity contribution is 0.414. The Morgan fingerprint density at radius 2 is 1.83 bits per heavy atom. The average molecular weight is 241 g/mol. The SMILES string of the molecule is COc1cccc(CN[C@@H](C)c2ccccc2)c1. The van der Waals surface area contributed by atoms with Crippen LogP contribution in [0.2, 0.25) is 0 Å². The van der Waals surface area contributed by atoms with Gasteiger partial charge in [-0.2, -0.15) is 0 Å². The van der Waals surface area contributed by atoms with Crippen LogP contribution < -0.4 is 10.1 Å². The van der Waals surface area contributed by atoms with E-state index in [9.17, 15) is 0 Å². The molecule has 2 nitrogen and oxygen atoms in total. The van der Waals surface area contributed by atoms with Crippen molar-refractivity contribution in [3.63, 3.8) is 0 Å². The molecule has 1 N–H and O–H groups in total. The maximum Gasteiger partial charge on any atom is 0.119 e. The highest BCUT2D eigenvalue weighted by Gasteiger charge is 2.04. The minimum absolute atomic E-state index is 0.345. The second-order valence-electron chi connectivity index (χ2n) is 4.36. The van der Waals surface area contributed by atoms with E-state index in [4.69, 9.17) is 4.74 Å². The molecule has 0 aliphatic heterocycles. The first-order chi connectivity index (χ1) is 8.79. The van der Waals surface area contributed by atoms with E-state index in [0.717, 1.165) is 12.3 Å². The van der Waals surface area contributed by atoms with Gasteiger partial charge < -0.3 is 10.1 Å². The van der Waals surface area contributed by atoms with Crippen molar-refractivity contribution in [2.24, 2.45) is 0 Å². The molecule has 0 fully saturated rings. The molecule has 0 spiro atoms. The summed E-state index contributed by atoms with van der Waals surface area (Å²) in [5.74, 6) is 0.904. The summed E-state index contributed by atoms with van der Waals surface area (Å²) in [4.78, 5) is 0. The molecule has 2 heteroatoms. The van der Waals surface area contributed by atoms with Crippen LogP contribution in [-0.4, -0.2) is 7.11 Å². The third kappa shape index (κ3) is 3.34. The predicted octanol–water partition coefficient (Wildman–Crippen LogP) is 3.55. The summed E-state index contributed by atoms with van der Waals surface area (Å²) in [6.45, 7) is 3.02. The van der Waals surface area contributed by atoms with E-state index in [-0.39, 0.29) is 0 Å². The number of methoxy groups -OCH3 is 1. The molecule has 18 heavy (non-hydrogen) atoms. The van der Waals surface area contributed by atoms with E-state index < -0.39 is 0 Å². The van der Waals surface area contributed by atoms with E-state index in [0.29, 0.717) is 6.04 Å². The topological polar surface area (TPSA) is 21.3 Å². The highest BCUT2D eigenvalue weighted by Crippen LogP contribution is 2.15. The second-order valence-corrected chi connectivity index (χ2v) is 4.36. The van der Waals surface area contributed by atoms with Gasteiger partial charge in [-0.3, -0.25) is 0 Å². The van der Waals surface area contributed by atoms with E-state index in [1.807, 2.05) is 18.2 Å². The first kappa shape index (κ1) is 12.7. The quantitative estimate of drug-likeness (QED) is 0.864. The van der Waals surface area contributed by atoms with E-state index in [2.05, 4.69) is 48.6 Å². The molecule has 2 aromatic carbocycles. The Bertz CT molecular complexity index is 481. The number of hydrogen-bond acceptors (Lipinski definition) is 2. The first-order valence-corrected chi connectivity index (χ1v) is 6.21. The van der Waals surface area contributed by atoms with Gasteiger partial charge in [-0.25, -0.2) is 0 Å². The third-order valence-corrected chi connectivity index (χ3v) is 3.05. The number of ether oxygens (including phenoxy) is 1. The van der Waals surface area contributed by atoms with Crippen molar-refractivity contribution in [2.45, 2.75) is 19.5 Å². The van der Waals surface area contributed by atoms with Crippen LogP contribution >= 0.6 is 0 Å². The Hall–Kier alpha value is -1.80. The van der Waals surface area contributed by atoms with Crippen LogP contribution in [0.15, 0.2) is 54.6 Å². The Labute approximate surface area is 109 Å². The molecule has 0 bridgehead atoms. The maximum atomic E-state index is 5.22. The monoisotopic (exact) mass is 241 g/mol. The summed E-state index contributed by atoms with van der Waals surface area (Å²) >= 11 is 0. The number of benzene rings is 2. The van der Waals surface area contributed by atoms with Crippen molar-refractivity contribution < 1.29 is 4.74 Å². The number of rotatable bonds is 5. The molecule has 0 unspecified atom stereocenters. The van der Waals surface area contributed by atoms with Crippen molar-refractivity contribution in [2.75, 3.05) is 7.11 Å². The molecule has 0 heterocycles. The Balaban J connectivity index is 1.95. The standard InChI is InChI=1S/C16H19NO/c1-13(15-8-4-3-5-9-15)17-12-14-7-6-10-16(11-14)18-2/h3-11,13,17H,12H2,1-2H3/t13-/m0/s1. The Morgan fingerprint density at radius 1 is 1.06 bits per heavy atom. The Kier molecular flexibility index (Phi) is 4.37. The zero-order valence-electron chi connectivity index (χ0n) is 10.9. The van der Waals surface area contributed by atoms with Crippen LogP contribution in [0.5, 0.6) is 5.75 Å². The predicted molar refractivity (Wildman–Crippen MR) is 74.7 cm³/mol. The van der Waals surface area contributed by atoms with Gasteiger partial charge in [0, 0.05) is 12.6 Å². The molecular weight excluding hydrogens is 222 g/mol. The van der Waals surface area contributed by atoms with Gasteiger partial charge in [0.25, 0.3) is 0 Å². The van der Waals surface area contributed by atoms with Gasteiger partial charge in [0.2, 0.25) is 0 Å². The zero-order valence-corrected chi connectivity index (χ0v) is 10.9. The molecule has 2 aromatic rings. The molecular formula is C16H19NO. The number of nitrogens with one attached hydrogen (secondary N) is 1. The average Bonchev–Trinajstić information content (AvgIpc) is 2.46. The normalized spacial score (nSPS) is 12.1.